The maximum atomic E-state index is 13.0. The number of hydrogen-bond donors (Lipinski definition) is 0. The smallest absolute Gasteiger partial charge is 0.318 e. The minimum absolute atomic E-state index is 0.0939. The Kier molecular flexibility index (Phi) is 4.82. The van der Waals surface area contributed by atoms with E-state index in [1.807, 2.05) is 4.90 Å². The Morgan fingerprint density at radius 2 is 1.80 bits per heavy atom. The van der Waals surface area contributed by atoms with Crippen molar-refractivity contribution in [3.05, 3.63) is 24.1 Å². The summed E-state index contributed by atoms with van der Waals surface area (Å²) < 4.78 is 43.2. The zero-order chi connectivity index (χ0) is 18.0. The van der Waals surface area contributed by atoms with Crippen LogP contribution in [0.3, 0.4) is 0 Å². The molecule has 0 saturated carbocycles. The first-order valence-corrected chi connectivity index (χ1v) is 9.17. The molecule has 0 aliphatic carbocycles. The van der Waals surface area contributed by atoms with Gasteiger partial charge in [0.2, 0.25) is 15.9 Å². The van der Waals surface area contributed by atoms with Crippen LogP contribution in [0.25, 0.3) is 0 Å². The lowest BCUT2D eigenvalue weighted by Crippen LogP contribution is -2.48. The zero-order valence-electron chi connectivity index (χ0n) is 14.3. The minimum atomic E-state index is -3.70. The van der Waals surface area contributed by atoms with Crippen LogP contribution < -0.4 is 14.4 Å². The van der Waals surface area contributed by atoms with Gasteiger partial charge in [-0.1, -0.05) is 5.10 Å². The summed E-state index contributed by atoms with van der Waals surface area (Å²) in [5, 5.41) is 7.77. The Balaban J connectivity index is 1.80. The molecule has 9 nitrogen and oxygen atoms in total. The number of ether oxygens (including phenoxy) is 2. The molecule has 1 aliphatic rings. The molecule has 1 aromatic heterocycles. The van der Waals surface area contributed by atoms with Gasteiger partial charge in [0.25, 0.3) is 0 Å². The van der Waals surface area contributed by atoms with Crippen molar-refractivity contribution in [2.75, 3.05) is 45.3 Å². The number of anilines is 1. The molecule has 1 aliphatic heterocycles. The van der Waals surface area contributed by atoms with E-state index in [1.54, 1.807) is 19.1 Å². The highest BCUT2D eigenvalue weighted by molar-refractivity contribution is 7.89. The fraction of sp³-hybridized carbons (Fsp3) is 0.467. The van der Waals surface area contributed by atoms with Gasteiger partial charge in [0.05, 0.1) is 14.2 Å². The van der Waals surface area contributed by atoms with E-state index >= 15 is 0 Å². The number of aryl methyl sites for hydroxylation is 1. The minimum Gasteiger partial charge on any atom is -0.497 e. The summed E-state index contributed by atoms with van der Waals surface area (Å²) in [7, 11) is -0.772. The first kappa shape index (κ1) is 17.5. The average Bonchev–Trinajstić information content (AvgIpc) is 3.07. The number of rotatable bonds is 5. The molecular weight excluding hydrogens is 348 g/mol. The number of sulfonamides is 1. The van der Waals surface area contributed by atoms with Crippen molar-refractivity contribution in [3.63, 3.8) is 0 Å². The van der Waals surface area contributed by atoms with E-state index in [9.17, 15) is 8.42 Å². The van der Waals surface area contributed by atoms with Gasteiger partial charge in [0.1, 0.15) is 16.4 Å². The van der Waals surface area contributed by atoms with Crippen LogP contribution in [-0.2, 0) is 10.0 Å². The Bertz CT molecular complexity index is 843. The van der Waals surface area contributed by atoms with Gasteiger partial charge in [0, 0.05) is 39.2 Å². The molecule has 2 aromatic rings. The fourth-order valence-corrected chi connectivity index (χ4v) is 4.25. The molecule has 0 amide bonds. The van der Waals surface area contributed by atoms with Gasteiger partial charge in [-0.05, 0) is 12.1 Å². The number of hydrogen-bond acceptors (Lipinski definition) is 8. The number of methoxy groups -OCH3 is 2. The third kappa shape index (κ3) is 3.40. The Morgan fingerprint density at radius 1 is 1.08 bits per heavy atom. The summed E-state index contributed by atoms with van der Waals surface area (Å²) >= 11 is 0. The largest absolute Gasteiger partial charge is 0.497 e. The normalized spacial score (nSPS) is 16.0. The summed E-state index contributed by atoms with van der Waals surface area (Å²) in [4.78, 5) is 1.96. The van der Waals surface area contributed by atoms with E-state index in [0.717, 1.165) is 0 Å². The number of benzene rings is 1. The Hall–Kier alpha value is -2.33. The van der Waals surface area contributed by atoms with Crippen LogP contribution in [0, 0.1) is 6.92 Å². The second kappa shape index (κ2) is 6.89. The van der Waals surface area contributed by atoms with E-state index in [1.165, 1.54) is 24.6 Å². The zero-order valence-corrected chi connectivity index (χ0v) is 15.1. The van der Waals surface area contributed by atoms with Crippen molar-refractivity contribution in [1.82, 2.24) is 14.5 Å². The Morgan fingerprint density at radius 3 is 2.36 bits per heavy atom. The van der Waals surface area contributed by atoms with Crippen LogP contribution in [0.4, 0.5) is 6.01 Å². The average molecular weight is 368 g/mol. The molecular formula is C15H20N4O5S. The molecule has 0 radical (unpaired) electrons. The highest BCUT2D eigenvalue weighted by atomic mass is 32.2. The third-order valence-electron chi connectivity index (χ3n) is 4.01. The SMILES string of the molecule is COc1ccc(OC)c(S(=O)(=O)N2CCN(c3nnc(C)o3)CC2)c1. The van der Waals surface area contributed by atoms with Gasteiger partial charge in [-0.3, -0.25) is 0 Å². The quantitative estimate of drug-likeness (QED) is 0.768. The van der Waals surface area contributed by atoms with Gasteiger partial charge in [0.15, 0.2) is 0 Å². The number of aromatic nitrogens is 2. The van der Waals surface area contributed by atoms with Gasteiger partial charge in [-0.15, -0.1) is 5.10 Å². The topological polar surface area (TPSA) is 98.0 Å². The molecule has 136 valence electrons. The lowest BCUT2D eigenvalue weighted by atomic mass is 10.3. The monoisotopic (exact) mass is 368 g/mol. The lowest BCUT2D eigenvalue weighted by molar-refractivity contribution is 0.361. The van der Waals surface area contributed by atoms with E-state index in [0.29, 0.717) is 43.8 Å². The van der Waals surface area contributed by atoms with Crippen molar-refractivity contribution >= 4 is 16.0 Å². The number of piperazine rings is 1. The molecule has 0 N–H and O–H groups in total. The van der Waals surface area contributed by atoms with E-state index in [-0.39, 0.29) is 10.6 Å². The summed E-state index contributed by atoms with van der Waals surface area (Å²) in [6.07, 6.45) is 0. The molecule has 1 fully saturated rings. The van der Waals surface area contributed by atoms with Crippen molar-refractivity contribution in [3.8, 4) is 11.5 Å². The van der Waals surface area contributed by atoms with Crippen LogP contribution in [-0.4, -0.2) is 63.3 Å². The van der Waals surface area contributed by atoms with E-state index in [2.05, 4.69) is 10.2 Å². The van der Waals surface area contributed by atoms with E-state index in [4.69, 9.17) is 13.9 Å². The Labute approximate surface area is 146 Å². The van der Waals surface area contributed by atoms with Gasteiger partial charge >= 0.3 is 6.01 Å². The predicted molar refractivity (Wildman–Crippen MR) is 89.6 cm³/mol. The summed E-state index contributed by atoms with van der Waals surface area (Å²) in [6, 6.07) is 5.13. The highest BCUT2D eigenvalue weighted by Crippen LogP contribution is 2.31. The molecule has 25 heavy (non-hydrogen) atoms. The van der Waals surface area contributed by atoms with Crippen LogP contribution in [0.5, 0.6) is 11.5 Å². The molecule has 0 unspecified atom stereocenters. The number of nitrogens with zero attached hydrogens (tertiary/aromatic N) is 4. The second-order valence-corrected chi connectivity index (χ2v) is 7.42. The van der Waals surface area contributed by atoms with Crippen LogP contribution in [0.2, 0.25) is 0 Å². The third-order valence-corrected chi connectivity index (χ3v) is 5.93. The van der Waals surface area contributed by atoms with Gasteiger partial charge < -0.3 is 18.8 Å². The maximum absolute atomic E-state index is 13.0. The molecule has 3 rings (SSSR count). The summed E-state index contributed by atoms with van der Waals surface area (Å²) in [5.74, 6) is 1.22. The molecule has 0 atom stereocenters. The summed E-state index contributed by atoms with van der Waals surface area (Å²) in [6.45, 7) is 3.26. The van der Waals surface area contributed by atoms with Crippen molar-refractivity contribution < 1.29 is 22.3 Å². The summed E-state index contributed by atoms with van der Waals surface area (Å²) in [5.41, 5.74) is 0. The maximum Gasteiger partial charge on any atom is 0.318 e. The molecule has 0 bridgehead atoms. The van der Waals surface area contributed by atoms with Crippen LogP contribution >= 0.6 is 0 Å². The molecule has 1 aromatic carbocycles. The second-order valence-electron chi connectivity index (χ2n) is 5.51. The molecule has 10 heteroatoms. The first-order chi connectivity index (χ1) is 12.0. The van der Waals surface area contributed by atoms with Crippen molar-refractivity contribution in [1.29, 1.82) is 0 Å². The highest BCUT2D eigenvalue weighted by Gasteiger charge is 2.32. The van der Waals surface area contributed by atoms with Crippen molar-refractivity contribution in [2.24, 2.45) is 0 Å². The molecule has 0 spiro atoms. The standard InChI is InChI=1S/C15H20N4O5S/c1-11-16-17-15(24-11)18-6-8-19(9-7-18)25(20,21)14-10-12(22-2)4-5-13(14)23-3/h4-5,10H,6-9H2,1-3H3. The van der Waals surface area contributed by atoms with Crippen LogP contribution in [0.15, 0.2) is 27.5 Å². The fourth-order valence-electron chi connectivity index (χ4n) is 2.66. The predicted octanol–water partition coefficient (Wildman–Crippen LogP) is 0.906. The van der Waals surface area contributed by atoms with Gasteiger partial charge in [-0.2, -0.15) is 4.31 Å². The first-order valence-electron chi connectivity index (χ1n) is 7.73. The van der Waals surface area contributed by atoms with E-state index < -0.39 is 10.0 Å². The molecule has 2 heterocycles. The van der Waals surface area contributed by atoms with Crippen LogP contribution in [0.1, 0.15) is 5.89 Å². The van der Waals surface area contributed by atoms with Gasteiger partial charge in [-0.25, -0.2) is 8.42 Å². The lowest BCUT2D eigenvalue weighted by Gasteiger charge is -2.33. The van der Waals surface area contributed by atoms with Crippen molar-refractivity contribution in [2.45, 2.75) is 11.8 Å². The molecule has 1 saturated heterocycles.